The van der Waals surface area contributed by atoms with Crippen LogP contribution in [0, 0.1) is 0 Å². The lowest BCUT2D eigenvalue weighted by Gasteiger charge is -2.32. The minimum atomic E-state index is -0.761. The van der Waals surface area contributed by atoms with Crippen molar-refractivity contribution >= 4 is 11.6 Å². The molecule has 0 N–H and O–H groups in total. The fourth-order valence-electron chi connectivity index (χ4n) is 7.84. The van der Waals surface area contributed by atoms with Gasteiger partial charge in [0, 0.05) is 36.5 Å². The molecule has 0 aromatic heterocycles. The number of carbonyl (C=O) groups excluding carboxylic acids is 2. The molecule has 4 aromatic rings. The van der Waals surface area contributed by atoms with E-state index in [0.717, 1.165) is 33.4 Å². The SMILES string of the molecule is COc1c2cc(C(C)(C)C)cc1C(=O)c1cc(C(C)(C)C)cc(c1OC)[C@H](OC)c1cc(C(C)(C)C)cc(c1OC)[C@H](OC)c1cc(C(C)(C)C)cc(c1OC)C2=O. The summed E-state index contributed by atoms with van der Waals surface area (Å²) < 4.78 is 38.1. The largest absolute Gasteiger partial charge is 0.496 e. The van der Waals surface area contributed by atoms with Crippen LogP contribution >= 0.6 is 0 Å². The molecule has 0 saturated heterocycles. The predicted molar refractivity (Wildman–Crippen MR) is 231 cm³/mol. The van der Waals surface area contributed by atoms with Crippen molar-refractivity contribution in [3.63, 3.8) is 0 Å². The van der Waals surface area contributed by atoms with Crippen LogP contribution in [-0.4, -0.2) is 54.2 Å². The minimum Gasteiger partial charge on any atom is -0.496 e. The monoisotopic (exact) mass is 792 g/mol. The molecule has 0 fully saturated rings. The van der Waals surface area contributed by atoms with Crippen molar-refractivity contribution in [1.82, 2.24) is 0 Å². The molecule has 312 valence electrons. The van der Waals surface area contributed by atoms with Gasteiger partial charge in [-0.3, -0.25) is 9.59 Å². The highest BCUT2D eigenvalue weighted by Crippen LogP contribution is 2.50. The molecular formula is C50H64O8. The van der Waals surface area contributed by atoms with Gasteiger partial charge in [0.15, 0.2) is 0 Å². The van der Waals surface area contributed by atoms with E-state index in [9.17, 15) is 0 Å². The summed E-state index contributed by atoms with van der Waals surface area (Å²) in [6, 6.07) is 15.8. The summed E-state index contributed by atoms with van der Waals surface area (Å²) in [5.41, 5.74) is 5.89. The topological polar surface area (TPSA) is 89.5 Å². The Kier molecular flexibility index (Phi) is 12.1. The first kappa shape index (κ1) is 44.4. The number of ketones is 2. The van der Waals surface area contributed by atoms with E-state index in [4.69, 9.17) is 28.4 Å². The second-order valence-electron chi connectivity index (χ2n) is 19.5. The predicted octanol–water partition coefficient (Wildman–Crippen LogP) is 11.2. The maximum absolute atomic E-state index is 15.5. The van der Waals surface area contributed by atoms with Crippen LogP contribution in [0.3, 0.4) is 0 Å². The van der Waals surface area contributed by atoms with Gasteiger partial charge in [-0.25, -0.2) is 0 Å². The lowest BCUT2D eigenvalue weighted by atomic mass is 9.78. The van der Waals surface area contributed by atoms with Gasteiger partial charge in [0.1, 0.15) is 35.2 Å². The Hall–Kier alpha value is -4.66. The van der Waals surface area contributed by atoms with Crippen molar-refractivity contribution in [3.8, 4) is 23.0 Å². The lowest BCUT2D eigenvalue weighted by Crippen LogP contribution is -2.22. The van der Waals surface area contributed by atoms with Crippen LogP contribution in [0.4, 0.5) is 0 Å². The number of methoxy groups -OCH3 is 6. The molecule has 0 heterocycles. The van der Waals surface area contributed by atoms with Crippen molar-refractivity contribution in [1.29, 1.82) is 0 Å². The quantitative estimate of drug-likeness (QED) is 0.191. The number of hydrogen-bond donors (Lipinski definition) is 0. The second-order valence-corrected chi connectivity index (χ2v) is 19.5. The van der Waals surface area contributed by atoms with E-state index in [1.165, 1.54) is 7.11 Å². The molecule has 5 rings (SSSR count). The van der Waals surface area contributed by atoms with Gasteiger partial charge in [0.05, 0.1) is 50.7 Å². The fraction of sp³-hybridized carbons (Fsp3) is 0.480. The Morgan fingerprint density at radius 2 is 0.569 bits per heavy atom. The Morgan fingerprint density at radius 3 is 0.810 bits per heavy atom. The Balaban J connectivity index is 2.16. The van der Waals surface area contributed by atoms with Gasteiger partial charge in [0.25, 0.3) is 0 Å². The van der Waals surface area contributed by atoms with Gasteiger partial charge in [-0.05, 0) is 92.4 Å². The van der Waals surface area contributed by atoms with E-state index in [1.807, 2.05) is 24.3 Å². The first-order valence-electron chi connectivity index (χ1n) is 19.9. The molecule has 4 aromatic carbocycles. The van der Waals surface area contributed by atoms with E-state index >= 15 is 9.59 Å². The Labute approximate surface area is 346 Å². The van der Waals surface area contributed by atoms with E-state index < -0.39 is 17.6 Å². The van der Waals surface area contributed by atoms with Gasteiger partial charge in [-0.1, -0.05) is 83.1 Å². The highest BCUT2D eigenvalue weighted by atomic mass is 16.5. The van der Waals surface area contributed by atoms with E-state index in [2.05, 4.69) is 107 Å². The summed E-state index contributed by atoms with van der Waals surface area (Å²) >= 11 is 0. The van der Waals surface area contributed by atoms with Crippen molar-refractivity contribution < 1.29 is 38.0 Å². The zero-order valence-corrected chi connectivity index (χ0v) is 38.0. The number of hydrogen-bond acceptors (Lipinski definition) is 8. The lowest BCUT2D eigenvalue weighted by molar-refractivity contribution is 0.102. The van der Waals surface area contributed by atoms with Crippen LogP contribution in [0.15, 0.2) is 48.5 Å². The van der Waals surface area contributed by atoms with Gasteiger partial charge in [-0.2, -0.15) is 0 Å². The molecule has 0 aliphatic heterocycles. The minimum absolute atomic E-state index is 0.165. The summed E-state index contributed by atoms with van der Waals surface area (Å²) in [7, 11) is 9.57. The third-order valence-electron chi connectivity index (χ3n) is 11.3. The van der Waals surface area contributed by atoms with Crippen LogP contribution < -0.4 is 18.9 Å². The number of carbonyl (C=O) groups is 2. The fourth-order valence-corrected chi connectivity index (χ4v) is 7.84. The van der Waals surface area contributed by atoms with Gasteiger partial charge in [0.2, 0.25) is 11.6 Å². The zero-order valence-electron chi connectivity index (χ0n) is 38.0. The maximum atomic E-state index is 15.5. The highest BCUT2D eigenvalue weighted by molar-refractivity contribution is 6.18. The molecule has 8 bridgehead atoms. The third kappa shape index (κ3) is 8.02. The molecule has 1 aliphatic carbocycles. The second kappa shape index (κ2) is 15.8. The zero-order chi connectivity index (χ0) is 43.4. The van der Waals surface area contributed by atoms with Crippen molar-refractivity contribution in [3.05, 3.63) is 115 Å². The molecule has 0 amide bonds. The molecule has 2 atom stereocenters. The first-order valence-corrected chi connectivity index (χ1v) is 19.9. The number of ether oxygens (including phenoxy) is 6. The van der Waals surface area contributed by atoms with Crippen LogP contribution in [0.5, 0.6) is 23.0 Å². The van der Waals surface area contributed by atoms with Crippen molar-refractivity contribution in [2.45, 2.75) is 117 Å². The summed E-state index contributed by atoms with van der Waals surface area (Å²) in [5.74, 6) is 0.695. The number of fused-ring (bicyclic) bond motifs is 8. The standard InChI is InChI=1S/C50H64O8/c1-47(2,3)27-19-31-39(51)33-21-28(48(4,5)6)23-35(42(33)54-14)44(56-16)37-25-30(50(10,11)12)26-38(46(37)58-18)45(57-17)36-24-29(49(7,8)9)22-34(43(36)55-15)40(52)32(20-27)41(31)53-13/h19-26,44-45H,1-18H3/t44-,45+. The summed E-state index contributed by atoms with van der Waals surface area (Å²) in [6.45, 7) is 25.3. The average Bonchev–Trinajstić information content (AvgIpc) is 3.14. The van der Waals surface area contributed by atoms with E-state index in [1.54, 1.807) is 35.5 Å². The van der Waals surface area contributed by atoms with Crippen molar-refractivity contribution in [2.24, 2.45) is 0 Å². The molecule has 0 radical (unpaired) electrons. The highest BCUT2D eigenvalue weighted by Gasteiger charge is 2.37. The molecular weight excluding hydrogens is 729 g/mol. The molecule has 0 saturated carbocycles. The van der Waals surface area contributed by atoms with Crippen LogP contribution in [0.1, 0.15) is 172 Å². The maximum Gasteiger partial charge on any atom is 0.200 e. The molecule has 58 heavy (non-hydrogen) atoms. The average molecular weight is 793 g/mol. The van der Waals surface area contributed by atoms with Gasteiger partial charge in [-0.15, -0.1) is 0 Å². The summed E-state index contributed by atoms with van der Waals surface area (Å²) in [6.07, 6.45) is -1.52. The third-order valence-corrected chi connectivity index (χ3v) is 11.3. The Bertz CT molecular complexity index is 2100. The first-order chi connectivity index (χ1) is 26.9. The van der Waals surface area contributed by atoms with Gasteiger partial charge < -0.3 is 28.4 Å². The molecule has 0 spiro atoms. The smallest absolute Gasteiger partial charge is 0.200 e. The van der Waals surface area contributed by atoms with Crippen LogP contribution in [0.25, 0.3) is 0 Å². The van der Waals surface area contributed by atoms with Crippen LogP contribution in [0.2, 0.25) is 0 Å². The molecule has 0 unspecified atom stereocenters. The van der Waals surface area contributed by atoms with Gasteiger partial charge >= 0.3 is 0 Å². The van der Waals surface area contributed by atoms with Crippen LogP contribution in [-0.2, 0) is 31.1 Å². The molecule has 8 heteroatoms. The molecule has 1 aliphatic rings. The van der Waals surface area contributed by atoms with E-state index in [0.29, 0.717) is 39.5 Å². The summed E-state index contributed by atoms with van der Waals surface area (Å²) in [4.78, 5) is 30.9. The summed E-state index contributed by atoms with van der Waals surface area (Å²) in [5, 5.41) is 0. The Morgan fingerprint density at radius 1 is 0.345 bits per heavy atom. The normalized spacial score (nSPS) is 16.3. The molecule has 8 nitrogen and oxygen atoms in total. The van der Waals surface area contributed by atoms with Crippen molar-refractivity contribution in [2.75, 3.05) is 42.7 Å². The number of benzene rings is 4. The number of rotatable bonds is 6. The van der Waals surface area contributed by atoms with E-state index in [-0.39, 0.29) is 44.7 Å².